The average Bonchev–Trinajstić information content (AvgIpc) is 2.15. The van der Waals surface area contributed by atoms with E-state index in [1.807, 2.05) is 26.8 Å². The minimum absolute atomic E-state index is 0.0601. The Bertz CT molecular complexity index is 335. The lowest BCUT2D eigenvalue weighted by Gasteiger charge is -2.25. The van der Waals surface area contributed by atoms with Gasteiger partial charge in [-0.2, -0.15) is 5.10 Å². The Morgan fingerprint density at radius 3 is 2.53 bits per heavy atom. The standard InChI is InChI=1S/C10H15N3O2/c1-7(2)13(6-10(14)15)9-5-4-8(3)11-12-9/h4-5,7H,6H2,1-3H3,(H,14,15). The fourth-order valence-electron chi connectivity index (χ4n) is 1.22. The maximum absolute atomic E-state index is 10.7. The van der Waals surface area contributed by atoms with Gasteiger partial charge in [-0.1, -0.05) is 0 Å². The number of carbonyl (C=O) groups is 1. The Hall–Kier alpha value is -1.65. The molecule has 1 rings (SSSR count). The molecule has 1 aromatic rings. The van der Waals surface area contributed by atoms with Crippen LogP contribution in [-0.4, -0.2) is 33.9 Å². The van der Waals surface area contributed by atoms with Crippen molar-refractivity contribution in [3.8, 4) is 0 Å². The van der Waals surface area contributed by atoms with Gasteiger partial charge in [-0.05, 0) is 32.9 Å². The second-order valence-corrected chi connectivity index (χ2v) is 3.65. The molecule has 0 saturated carbocycles. The number of aliphatic carboxylic acids is 1. The summed E-state index contributed by atoms with van der Waals surface area (Å²) in [5, 5.41) is 16.6. The van der Waals surface area contributed by atoms with Gasteiger partial charge in [0.2, 0.25) is 0 Å². The Morgan fingerprint density at radius 2 is 2.13 bits per heavy atom. The molecule has 1 heterocycles. The van der Waals surface area contributed by atoms with E-state index >= 15 is 0 Å². The third-order valence-corrected chi connectivity index (χ3v) is 2.01. The van der Waals surface area contributed by atoms with E-state index in [4.69, 9.17) is 5.11 Å². The van der Waals surface area contributed by atoms with Crippen LogP contribution in [-0.2, 0) is 4.79 Å². The lowest BCUT2D eigenvalue weighted by atomic mass is 10.3. The van der Waals surface area contributed by atoms with Crippen molar-refractivity contribution in [1.29, 1.82) is 0 Å². The number of aryl methyl sites for hydroxylation is 1. The van der Waals surface area contributed by atoms with E-state index in [1.54, 1.807) is 11.0 Å². The summed E-state index contributed by atoms with van der Waals surface area (Å²) in [7, 11) is 0. The molecule has 0 bridgehead atoms. The van der Waals surface area contributed by atoms with Crippen molar-refractivity contribution >= 4 is 11.8 Å². The monoisotopic (exact) mass is 209 g/mol. The molecular weight excluding hydrogens is 194 g/mol. The van der Waals surface area contributed by atoms with E-state index in [9.17, 15) is 4.79 Å². The molecule has 82 valence electrons. The molecule has 1 aromatic heterocycles. The van der Waals surface area contributed by atoms with E-state index in [2.05, 4.69) is 10.2 Å². The number of aromatic nitrogens is 2. The number of rotatable bonds is 4. The maximum Gasteiger partial charge on any atom is 0.323 e. The van der Waals surface area contributed by atoms with Gasteiger partial charge in [0.05, 0.1) is 5.69 Å². The van der Waals surface area contributed by atoms with E-state index in [0.717, 1.165) is 5.69 Å². The molecule has 0 unspecified atom stereocenters. The van der Waals surface area contributed by atoms with Gasteiger partial charge in [0.15, 0.2) is 5.82 Å². The third-order valence-electron chi connectivity index (χ3n) is 2.01. The Labute approximate surface area is 88.7 Å². The number of hydrogen-bond donors (Lipinski definition) is 1. The molecule has 0 saturated heterocycles. The first-order chi connectivity index (χ1) is 7.00. The highest BCUT2D eigenvalue weighted by Crippen LogP contribution is 2.12. The Kier molecular flexibility index (Phi) is 3.60. The summed E-state index contributed by atoms with van der Waals surface area (Å²) in [6.45, 7) is 5.62. The first-order valence-electron chi connectivity index (χ1n) is 4.79. The average molecular weight is 209 g/mol. The van der Waals surface area contributed by atoms with Crippen molar-refractivity contribution in [3.05, 3.63) is 17.8 Å². The quantitative estimate of drug-likeness (QED) is 0.803. The lowest BCUT2D eigenvalue weighted by Crippen LogP contribution is -2.36. The van der Waals surface area contributed by atoms with Crippen LogP contribution in [0.1, 0.15) is 19.5 Å². The largest absolute Gasteiger partial charge is 0.480 e. The smallest absolute Gasteiger partial charge is 0.323 e. The molecule has 15 heavy (non-hydrogen) atoms. The van der Waals surface area contributed by atoms with E-state index in [-0.39, 0.29) is 12.6 Å². The van der Waals surface area contributed by atoms with Gasteiger partial charge < -0.3 is 10.0 Å². The third kappa shape index (κ3) is 3.19. The number of hydrogen-bond acceptors (Lipinski definition) is 4. The molecule has 0 aliphatic rings. The highest BCUT2D eigenvalue weighted by atomic mass is 16.4. The van der Waals surface area contributed by atoms with Crippen molar-refractivity contribution in [3.63, 3.8) is 0 Å². The van der Waals surface area contributed by atoms with Crippen LogP contribution >= 0.6 is 0 Å². The van der Waals surface area contributed by atoms with Gasteiger partial charge in [-0.3, -0.25) is 4.79 Å². The van der Waals surface area contributed by atoms with E-state index in [0.29, 0.717) is 5.82 Å². The van der Waals surface area contributed by atoms with Crippen LogP contribution in [0.3, 0.4) is 0 Å². The highest BCUT2D eigenvalue weighted by Gasteiger charge is 2.15. The van der Waals surface area contributed by atoms with Crippen LogP contribution in [0.25, 0.3) is 0 Å². The predicted octanol–water partition coefficient (Wildman–Crippen LogP) is 1.08. The van der Waals surface area contributed by atoms with Crippen molar-refractivity contribution in [2.24, 2.45) is 0 Å². The van der Waals surface area contributed by atoms with Crippen LogP contribution in [0, 0.1) is 6.92 Å². The Morgan fingerprint density at radius 1 is 1.47 bits per heavy atom. The molecule has 0 amide bonds. The zero-order valence-electron chi connectivity index (χ0n) is 9.14. The zero-order valence-corrected chi connectivity index (χ0v) is 9.14. The number of nitrogens with zero attached hydrogens (tertiary/aromatic N) is 3. The molecule has 5 nitrogen and oxygen atoms in total. The summed E-state index contributed by atoms with van der Waals surface area (Å²) in [6.07, 6.45) is 0. The van der Waals surface area contributed by atoms with Crippen LogP contribution in [0.5, 0.6) is 0 Å². The molecule has 0 spiro atoms. The predicted molar refractivity (Wildman–Crippen MR) is 56.9 cm³/mol. The number of carboxylic acid groups (broad SMARTS) is 1. The lowest BCUT2D eigenvalue weighted by molar-refractivity contribution is -0.135. The molecule has 5 heteroatoms. The fourth-order valence-corrected chi connectivity index (χ4v) is 1.22. The summed E-state index contributed by atoms with van der Waals surface area (Å²) in [4.78, 5) is 12.4. The van der Waals surface area contributed by atoms with Gasteiger partial charge in [0, 0.05) is 6.04 Å². The van der Waals surface area contributed by atoms with Crippen LogP contribution in [0.15, 0.2) is 12.1 Å². The molecule has 0 radical (unpaired) electrons. The first-order valence-corrected chi connectivity index (χ1v) is 4.79. The highest BCUT2D eigenvalue weighted by molar-refractivity contribution is 5.73. The molecule has 0 fully saturated rings. The second kappa shape index (κ2) is 4.72. The van der Waals surface area contributed by atoms with Gasteiger partial charge in [0.25, 0.3) is 0 Å². The Balaban J connectivity index is 2.88. The van der Waals surface area contributed by atoms with Gasteiger partial charge in [0.1, 0.15) is 6.54 Å². The van der Waals surface area contributed by atoms with Crippen molar-refractivity contribution in [2.75, 3.05) is 11.4 Å². The summed E-state index contributed by atoms with van der Waals surface area (Å²) in [5.41, 5.74) is 0.817. The molecule has 0 aliphatic heterocycles. The summed E-state index contributed by atoms with van der Waals surface area (Å²) in [6, 6.07) is 3.68. The normalized spacial score (nSPS) is 10.4. The topological polar surface area (TPSA) is 66.3 Å². The summed E-state index contributed by atoms with van der Waals surface area (Å²) in [5.74, 6) is -0.274. The van der Waals surface area contributed by atoms with Gasteiger partial charge in [-0.15, -0.1) is 5.10 Å². The van der Waals surface area contributed by atoms with Crippen molar-refractivity contribution < 1.29 is 9.90 Å². The molecule has 0 aliphatic carbocycles. The van der Waals surface area contributed by atoms with Crippen molar-refractivity contribution in [1.82, 2.24) is 10.2 Å². The van der Waals surface area contributed by atoms with E-state index < -0.39 is 5.97 Å². The van der Waals surface area contributed by atoms with Gasteiger partial charge in [-0.25, -0.2) is 0 Å². The fraction of sp³-hybridized carbons (Fsp3) is 0.500. The van der Waals surface area contributed by atoms with Crippen molar-refractivity contribution in [2.45, 2.75) is 26.8 Å². The SMILES string of the molecule is Cc1ccc(N(CC(=O)O)C(C)C)nn1. The first kappa shape index (κ1) is 11.4. The zero-order chi connectivity index (χ0) is 11.4. The van der Waals surface area contributed by atoms with Crippen LogP contribution in [0.4, 0.5) is 5.82 Å². The van der Waals surface area contributed by atoms with Crippen LogP contribution in [0.2, 0.25) is 0 Å². The minimum Gasteiger partial charge on any atom is -0.480 e. The molecular formula is C10H15N3O2. The summed E-state index contributed by atoms with van der Waals surface area (Å²) >= 11 is 0. The van der Waals surface area contributed by atoms with Gasteiger partial charge >= 0.3 is 5.97 Å². The number of carboxylic acids is 1. The maximum atomic E-state index is 10.7. The molecule has 0 aromatic carbocycles. The second-order valence-electron chi connectivity index (χ2n) is 3.65. The molecule has 1 N–H and O–H groups in total. The minimum atomic E-state index is -0.869. The van der Waals surface area contributed by atoms with Crippen LogP contribution < -0.4 is 4.90 Å². The number of anilines is 1. The molecule has 0 atom stereocenters. The van der Waals surface area contributed by atoms with E-state index in [1.165, 1.54) is 0 Å². The summed E-state index contributed by atoms with van der Waals surface area (Å²) < 4.78 is 0.